The van der Waals surface area contributed by atoms with Crippen LogP contribution in [0.15, 0.2) is 0 Å². The first-order valence-corrected chi connectivity index (χ1v) is 7.01. The molecule has 0 saturated heterocycles. The third kappa shape index (κ3) is 5.12. The number of rotatable bonds is 6. The minimum absolute atomic E-state index is 0.430. The molecule has 3 nitrogen and oxygen atoms in total. The quantitative estimate of drug-likeness (QED) is 0.434. The summed E-state index contributed by atoms with van der Waals surface area (Å²) in [5, 5.41) is 3.19. The molecule has 0 bridgehead atoms. The highest BCUT2D eigenvalue weighted by Gasteiger charge is 2.21. The lowest BCUT2D eigenvalue weighted by Gasteiger charge is -2.33. The maximum atomic E-state index is 6.66. The van der Waals surface area contributed by atoms with E-state index in [2.05, 4.69) is 42.3 Å². The fraction of sp³-hybridized carbons (Fsp3) is 0.889. The summed E-state index contributed by atoms with van der Waals surface area (Å²) in [4.78, 5) is 3.28. The van der Waals surface area contributed by atoms with Crippen LogP contribution in [0, 0.1) is 6.57 Å². The van der Waals surface area contributed by atoms with Gasteiger partial charge in [0.1, 0.15) is 7.58 Å². The average molecular weight is 236 g/mol. The van der Waals surface area contributed by atoms with Crippen LogP contribution in [0.2, 0.25) is 0 Å². The smallest absolute Gasteiger partial charge is 0.227 e. The second-order valence-corrected chi connectivity index (χ2v) is 5.88. The molecule has 0 saturated carbocycles. The molecule has 0 radical (unpaired) electrons. The number of halogens is 1. The maximum Gasteiger partial charge on any atom is 0.227 e. The van der Waals surface area contributed by atoms with E-state index in [1.807, 2.05) is 0 Å². The van der Waals surface area contributed by atoms with Crippen molar-refractivity contribution < 1.29 is 0 Å². The van der Waals surface area contributed by atoms with Crippen LogP contribution in [0.1, 0.15) is 27.7 Å². The highest BCUT2D eigenvalue weighted by atomic mass is 35.7. The third-order valence-electron chi connectivity index (χ3n) is 1.73. The Morgan fingerprint density at radius 3 is 2.21 bits per heavy atom. The molecule has 0 aromatic rings. The number of hydrogen-bond donors (Lipinski definition) is 1. The Kier molecular flexibility index (Phi) is 7.49. The second-order valence-electron chi connectivity index (χ2n) is 3.62. The van der Waals surface area contributed by atoms with E-state index in [0.717, 1.165) is 0 Å². The summed E-state index contributed by atoms with van der Waals surface area (Å²) in [6.45, 7) is 16.4. The van der Waals surface area contributed by atoms with Crippen LogP contribution in [0.4, 0.5) is 0 Å². The van der Waals surface area contributed by atoms with Gasteiger partial charge in [-0.05, 0) is 27.7 Å². The van der Waals surface area contributed by atoms with E-state index in [-0.39, 0.29) is 0 Å². The Morgan fingerprint density at radius 2 is 1.86 bits per heavy atom. The molecule has 0 spiro atoms. The molecule has 0 aliphatic heterocycles. The van der Waals surface area contributed by atoms with Crippen LogP contribution in [0.5, 0.6) is 0 Å². The highest BCUT2D eigenvalue weighted by molar-refractivity contribution is 7.80. The fourth-order valence-corrected chi connectivity index (χ4v) is 3.84. The molecule has 0 fully saturated rings. The molecule has 5 heteroatoms. The highest BCUT2D eigenvalue weighted by Crippen LogP contribution is 2.43. The van der Waals surface area contributed by atoms with Gasteiger partial charge in [0.2, 0.25) is 6.54 Å². The molecular weight excluding hydrogens is 217 g/mol. The molecule has 0 amide bonds. The van der Waals surface area contributed by atoms with Gasteiger partial charge in [0, 0.05) is 12.1 Å². The zero-order chi connectivity index (χ0) is 11.1. The summed E-state index contributed by atoms with van der Waals surface area (Å²) in [5.41, 5.74) is 0. The van der Waals surface area contributed by atoms with Crippen LogP contribution < -0.4 is 5.09 Å². The SMILES string of the molecule is [C-]#[N+]CCNP(Cl)N(C(C)C)C(C)C. The van der Waals surface area contributed by atoms with Crippen molar-refractivity contribution in [3.63, 3.8) is 0 Å². The van der Waals surface area contributed by atoms with Gasteiger partial charge in [-0.25, -0.2) is 6.57 Å². The Bertz CT molecular complexity index is 183. The molecule has 1 N–H and O–H groups in total. The molecular formula is C9H19ClN3P. The van der Waals surface area contributed by atoms with E-state index in [1.165, 1.54) is 0 Å². The average Bonchev–Trinajstić information content (AvgIpc) is 2.03. The molecule has 0 aromatic carbocycles. The van der Waals surface area contributed by atoms with Crippen LogP contribution in [-0.4, -0.2) is 29.8 Å². The maximum absolute atomic E-state index is 6.66. The second kappa shape index (κ2) is 7.43. The normalized spacial score (nSPS) is 13.6. The summed E-state index contributed by atoms with van der Waals surface area (Å²) < 4.78 is 2.24. The van der Waals surface area contributed by atoms with E-state index < -0.39 is 7.58 Å². The van der Waals surface area contributed by atoms with Crippen molar-refractivity contribution >= 4 is 18.8 Å². The lowest BCUT2D eigenvalue weighted by molar-refractivity contribution is 0.323. The van der Waals surface area contributed by atoms with Crippen molar-refractivity contribution in [2.45, 2.75) is 39.8 Å². The molecule has 14 heavy (non-hydrogen) atoms. The first-order chi connectivity index (χ1) is 6.50. The van der Waals surface area contributed by atoms with Crippen molar-refractivity contribution in [2.24, 2.45) is 0 Å². The summed E-state index contributed by atoms with van der Waals surface area (Å²) in [5.74, 6) is 0. The van der Waals surface area contributed by atoms with Gasteiger partial charge in [0.05, 0.1) is 6.54 Å². The zero-order valence-corrected chi connectivity index (χ0v) is 10.9. The summed E-state index contributed by atoms with van der Waals surface area (Å²) in [7, 11) is -0.822. The predicted molar refractivity (Wildman–Crippen MR) is 64.4 cm³/mol. The standard InChI is InChI=1S/C9H19ClN3P/c1-8(2)13(9(3)4)14(10)12-7-6-11-5/h8-9,12H,6-7H2,1-4H3. The Morgan fingerprint density at radius 1 is 1.36 bits per heavy atom. The Labute approximate surface area is 93.3 Å². The van der Waals surface area contributed by atoms with Gasteiger partial charge in [-0.15, -0.1) is 0 Å². The Hall–Kier alpha value is 0.130. The van der Waals surface area contributed by atoms with Crippen molar-refractivity contribution in [1.82, 2.24) is 9.76 Å². The minimum atomic E-state index is -0.822. The molecule has 0 aromatic heterocycles. The van der Waals surface area contributed by atoms with Gasteiger partial charge in [-0.2, -0.15) is 0 Å². The van der Waals surface area contributed by atoms with E-state index in [4.69, 9.17) is 17.8 Å². The summed E-state index contributed by atoms with van der Waals surface area (Å²) in [6, 6.07) is 0.859. The van der Waals surface area contributed by atoms with Gasteiger partial charge in [-0.1, -0.05) is 11.2 Å². The van der Waals surface area contributed by atoms with Crippen LogP contribution in [0.25, 0.3) is 4.85 Å². The summed E-state index contributed by atoms with van der Waals surface area (Å²) >= 11 is 6.25. The largest absolute Gasteiger partial charge is 0.316 e. The van der Waals surface area contributed by atoms with Gasteiger partial charge < -0.3 is 4.85 Å². The molecule has 0 rings (SSSR count). The van der Waals surface area contributed by atoms with Gasteiger partial charge in [0.15, 0.2) is 0 Å². The minimum Gasteiger partial charge on any atom is -0.316 e. The summed E-state index contributed by atoms with van der Waals surface area (Å²) in [6.07, 6.45) is 0. The van der Waals surface area contributed by atoms with Crippen molar-refractivity contribution in [3.05, 3.63) is 11.4 Å². The molecule has 1 unspecified atom stereocenters. The van der Waals surface area contributed by atoms with Gasteiger partial charge in [0.25, 0.3) is 0 Å². The van der Waals surface area contributed by atoms with Crippen LogP contribution in [-0.2, 0) is 0 Å². The molecule has 1 atom stereocenters. The topological polar surface area (TPSA) is 19.6 Å². The van der Waals surface area contributed by atoms with Crippen molar-refractivity contribution in [3.8, 4) is 0 Å². The van der Waals surface area contributed by atoms with Crippen molar-refractivity contribution in [2.75, 3.05) is 13.1 Å². The van der Waals surface area contributed by atoms with Crippen LogP contribution >= 0.6 is 18.8 Å². The molecule has 82 valence electrons. The van der Waals surface area contributed by atoms with Gasteiger partial charge in [-0.3, -0.25) is 9.76 Å². The first kappa shape index (κ1) is 14.1. The molecule has 0 heterocycles. The molecule has 0 aliphatic carbocycles. The number of nitrogens with zero attached hydrogens (tertiary/aromatic N) is 2. The monoisotopic (exact) mass is 235 g/mol. The lowest BCUT2D eigenvalue weighted by Crippen LogP contribution is -2.34. The van der Waals surface area contributed by atoms with E-state index >= 15 is 0 Å². The van der Waals surface area contributed by atoms with E-state index in [9.17, 15) is 0 Å². The predicted octanol–water partition coefficient (Wildman–Crippen LogP) is 3.08. The lowest BCUT2D eigenvalue weighted by atomic mass is 10.3. The number of hydrogen-bond acceptors (Lipinski definition) is 2. The van der Waals surface area contributed by atoms with Crippen molar-refractivity contribution in [1.29, 1.82) is 0 Å². The molecule has 0 aliphatic rings. The first-order valence-electron chi connectivity index (χ1n) is 4.81. The third-order valence-corrected chi connectivity index (χ3v) is 4.42. The van der Waals surface area contributed by atoms with E-state index in [0.29, 0.717) is 25.2 Å². The zero-order valence-electron chi connectivity index (χ0n) is 9.29. The number of nitrogens with one attached hydrogen (secondary N) is 1. The Balaban J connectivity index is 4.03. The van der Waals surface area contributed by atoms with Gasteiger partial charge >= 0.3 is 0 Å². The van der Waals surface area contributed by atoms with E-state index in [1.54, 1.807) is 0 Å². The fourth-order valence-electron chi connectivity index (χ4n) is 1.28. The van der Waals surface area contributed by atoms with Crippen LogP contribution in [0.3, 0.4) is 0 Å².